The van der Waals surface area contributed by atoms with E-state index in [4.69, 9.17) is 4.74 Å². The maximum atomic E-state index is 13.2. The van der Waals surface area contributed by atoms with Crippen molar-refractivity contribution in [1.29, 1.82) is 0 Å². The molecule has 0 atom stereocenters. The number of nitrogens with zero attached hydrogens (tertiary/aromatic N) is 2. The molecule has 0 radical (unpaired) electrons. The van der Waals surface area contributed by atoms with E-state index in [1.54, 1.807) is 6.92 Å². The third-order valence-corrected chi connectivity index (χ3v) is 9.41. The van der Waals surface area contributed by atoms with Gasteiger partial charge < -0.3 is 15.0 Å². The van der Waals surface area contributed by atoms with Crippen LogP contribution in [0, 0.1) is 0 Å². The van der Waals surface area contributed by atoms with Crippen LogP contribution in [-0.2, 0) is 39.1 Å². The number of nitrogens with one attached hydrogen (secondary N) is 3. The molecule has 14 heteroatoms. The number of hydrogen-bond acceptors (Lipinski definition) is 8. The van der Waals surface area contributed by atoms with E-state index in [2.05, 4.69) is 16.2 Å². The molecule has 1 aromatic heterocycles. The van der Waals surface area contributed by atoms with E-state index in [0.717, 1.165) is 16.9 Å². The Balaban J connectivity index is 1.54. The number of fused-ring (bicyclic) bond motifs is 1. The van der Waals surface area contributed by atoms with Crippen LogP contribution < -0.4 is 16.2 Å². The molecule has 3 aromatic rings. The molecule has 0 saturated carbocycles. The fourth-order valence-corrected chi connectivity index (χ4v) is 6.78. The SMILES string of the molecule is CCOC(=O)N1CCc2c(sc(NC(=O)c3ccc(S(=O)(=O)N(C)Cc4ccccc4)cc3)c2C(=O)NNC(C)=O)C1. The Kier molecular flexibility index (Phi) is 9.60. The minimum atomic E-state index is -3.81. The molecule has 4 amide bonds. The van der Waals surface area contributed by atoms with Crippen molar-refractivity contribution in [3.05, 3.63) is 81.7 Å². The van der Waals surface area contributed by atoms with Gasteiger partial charge in [-0.2, -0.15) is 4.31 Å². The molecule has 222 valence electrons. The summed E-state index contributed by atoms with van der Waals surface area (Å²) in [7, 11) is -2.33. The van der Waals surface area contributed by atoms with Crippen molar-refractivity contribution in [2.75, 3.05) is 25.5 Å². The fourth-order valence-electron chi connectivity index (χ4n) is 4.37. The van der Waals surface area contributed by atoms with Gasteiger partial charge in [0.15, 0.2) is 0 Å². The summed E-state index contributed by atoms with van der Waals surface area (Å²) in [5.74, 6) is -1.66. The summed E-state index contributed by atoms with van der Waals surface area (Å²) in [4.78, 5) is 52.1. The zero-order chi connectivity index (χ0) is 30.4. The standard InChI is InChI=1S/C28H31N5O7S2/c1-4-40-28(37)33-15-14-22-23(17-33)41-27(24(22)26(36)31-30-18(2)34)29-25(35)20-10-12-21(13-11-20)42(38,39)32(3)16-19-8-6-5-7-9-19/h5-13H,4,14-17H2,1-3H3,(H,29,35)(H,30,34)(H,31,36). The van der Waals surface area contributed by atoms with Gasteiger partial charge in [0.25, 0.3) is 11.8 Å². The lowest BCUT2D eigenvalue weighted by Crippen LogP contribution is -2.41. The highest BCUT2D eigenvalue weighted by Gasteiger charge is 2.31. The Morgan fingerprint density at radius 3 is 2.33 bits per heavy atom. The van der Waals surface area contributed by atoms with Gasteiger partial charge in [0.1, 0.15) is 5.00 Å². The molecule has 0 spiro atoms. The maximum Gasteiger partial charge on any atom is 0.410 e. The molecular weight excluding hydrogens is 582 g/mol. The van der Waals surface area contributed by atoms with Crippen LogP contribution >= 0.6 is 11.3 Å². The Morgan fingerprint density at radius 2 is 1.69 bits per heavy atom. The van der Waals surface area contributed by atoms with Crippen molar-refractivity contribution < 1.29 is 32.3 Å². The van der Waals surface area contributed by atoms with E-state index in [9.17, 15) is 27.6 Å². The van der Waals surface area contributed by atoms with Crippen LogP contribution in [0.3, 0.4) is 0 Å². The van der Waals surface area contributed by atoms with Crippen molar-refractivity contribution in [2.45, 2.75) is 38.3 Å². The first-order valence-electron chi connectivity index (χ1n) is 13.1. The average Bonchev–Trinajstić information content (AvgIpc) is 3.33. The zero-order valence-electron chi connectivity index (χ0n) is 23.3. The maximum absolute atomic E-state index is 13.2. The highest BCUT2D eigenvalue weighted by atomic mass is 32.2. The first-order chi connectivity index (χ1) is 20.0. The van der Waals surface area contributed by atoms with Crippen LogP contribution in [-0.4, -0.2) is 61.6 Å². The predicted octanol–water partition coefficient (Wildman–Crippen LogP) is 3.12. The van der Waals surface area contributed by atoms with Crippen molar-refractivity contribution in [3.63, 3.8) is 0 Å². The highest BCUT2D eigenvalue weighted by Crippen LogP contribution is 2.37. The number of carbonyl (C=O) groups excluding carboxylic acids is 4. The summed E-state index contributed by atoms with van der Waals surface area (Å²) in [5.41, 5.74) is 6.43. The van der Waals surface area contributed by atoms with Crippen LogP contribution in [0.4, 0.5) is 9.80 Å². The summed E-state index contributed by atoms with van der Waals surface area (Å²) < 4.78 is 32.5. The Hall–Kier alpha value is -4.27. The molecule has 1 aliphatic heterocycles. The van der Waals surface area contributed by atoms with Crippen LogP contribution in [0.25, 0.3) is 0 Å². The lowest BCUT2D eigenvalue weighted by molar-refractivity contribution is -0.119. The first-order valence-corrected chi connectivity index (χ1v) is 15.3. The van der Waals surface area contributed by atoms with Crippen molar-refractivity contribution in [3.8, 4) is 0 Å². The van der Waals surface area contributed by atoms with Gasteiger partial charge in [-0.1, -0.05) is 30.3 Å². The third kappa shape index (κ3) is 6.95. The molecule has 3 N–H and O–H groups in total. The number of hydrogen-bond donors (Lipinski definition) is 3. The van der Waals surface area contributed by atoms with Gasteiger partial charge in [0, 0.05) is 37.5 Å². The fraction of sp³-hybridized carbons (Fsp3) is 0.286. The third-order valence-electron chi connectivity index (χ3n) is 6.46. The Morgan fingerprint density at radius 1 is 1.00 bits per heavy atom. The lowest BCUT2D eigenvalue weighted by atomic mass is 10.0. The van der Waals surface area contributed by atoms with Gasteiger partial charge in [0.2, 0.25) is 15.9 Å². The topological polar surface area (TPSA) is 154 Å². The number of rotatable bonds is 8. The predicted molar refractivity (Wildman–Crippen MR) is 156 cm³/mol. The second-order valence-electron chi connectivity index (χ2n) is 9.44. The minimum Gasteiger partial charge on any atom is -0.450 e. The van der Waals surface area contributed by atoms with Crippen LogP contribution in [0.2, 0.25) is 0 Å². The monoisotopic (exact) mass is 613 g/mol. The van der Waals surface area contributed by atoms with Crippen molar-refractivity contribution in [1.82, 2.24) is 20.1 Å². The summed E-state index contributed by atoms with van der Waals surface area (Å²) in [5, 5.41) is 2.98. The number of carbonyl (C=O) groups is 4. The molecule has 0 saturated heterocycles. The molecule has 42 heavy (non-hydrogen) atoms. The van der Waals surface area contributed by atoms with Gasteiger partial charge >= 0.3 is 6.09 Å². The largest absolute Gasteiger partial charge is 0.450 e. The zero-order valence-corrected chi connectivity index (χ0v) is 24.9. The van der Waals surface area contributed by atoms with Gasteiger partial charge in [-0.05, 0) is 48.7 Å². The van der Waals surface area contributed by atoms with E-state index in [-0.39, 0.29) is 40.7 Å². The summed E-state index contributed by atoms with van der Waals surface area (Å²) >= 11 is 1.14. The summed E-state index contributed by atoms with van der Waals surface area (Å²) in [6, 6.07) is 14.7. The van der Waals surface area contributed by atoms with Crippen LogP contribution in [0.1, 0.15) is 50.6 Å². The van der Waals surface area contributed by atoms with E-state index in [0.29, 0.717) is 23.4 Å². The molecular formula is C28H31N5O7S2. The van der Waals surface area contributed by atoms with Crippen molar-refractivity contribution >= 4 is 50.2 Å². The molecule has 2 heterocycles. The molecule has 2 aromatic carbocycles. The number of benzene rings is 2. The quantitative estimate of drug-likeness (QED) is 0.330. The second kappa shape index (κ2) is 13.1. The second-order valence-corrected chi connectivity index (χ2v) is 12.6. The molecule has 0 bridgehead atoms. The number of thiophene rings is 1. The number of anilines is 1. The number of hydrazine groups is 1. The van der Waals surface area contributed by atoms with E-state index in [1.807, 2.05) is 30.3 Å². The smallest absolute Gasteiger partial charge is 0.410 e. The molecule has 4 rings (SSSR count). The molecule has 0 unspecified atom stereocenters. The number of amides is 4. The van der Waals surface area contributed by atoms with Gasteiger partial charge in [-0.15, -0.1) is 11.3 Å². The lowest BCUT2D eigenvalue weighted by Gasteiger charge is -2.26. The van der Waals surface area contributed by atoms with Crippen LogP contribution in [0.5, 0.6) is 0 Å². The number of sulfonamides is 1. The van der Waals surface area contributed by atoms with E-state index < -0.39 is 33.8 Å². The van der Waals surface area contributed by atoms with Crippen molar-refractivity contribution in [2.24, 2.45) is 0 Å². The summed E-state index contributed by atoms with van der Waals surface area (Å²) in [6.45, 7) is 3.87. The molecule has 0 fully saturated rings. The highest BCUT2D eigenvalue weighted by molar-refractivity contribution is 7.89. The number of ether oxygens (including phenoxy) is 1. The van der Waals surface area contributed by atoms with Gasteiger partial charge in [-0.25, -0.2) is 13.2 Å². The Labute approximate surface area is 247 Å². The van der Waals surface area contributed by atoms with Gasteiger partial charge in [0.05, 0.1) is 23.6 Å². The van der Waals surface area contributed by atoms with Crippen LogP contribution in [0.15, 0.2) is 59.5 Å². The molecule has 0 aliphatic carbocycles. The van der Waals surface area contributed by atoms with E-state index >= 15 is 0 Å². The normalized spacial score (nSPS) is 12.8. The molecule has 1 aliphatic rings. The first kappa shape index (κ1) is 30.7. The summed E-state index contributed by atoms with van der Waals surface area (Å²) in [6.07, 6.45) is -0.136. The van der Waals surface area contributed by atoms with Gasteiger partial charge in [-0.3, -0.25) is 25.2 Å². The average molecular weight is 614 g/mol. The molecule has 12 nitrogen and oxygen atoms in total. The minimum absolute atomic E-state index is 0.0264. The van der Waals surface area contributed by atoms with E-state index in [1.165, 1.54) is 47.4 Å². The Bertz CT molecular complexity index is 1590.